The predicted octanol–water partition coefficient (Wildman–Crippen LogP) is 3.56. The number of rotatable bonds is 6. The maximum atomic E-state index is 12.6. The van der Waals surface area contributed by atoms with Crippen LogP contribution in [0.25, 0.3) is 0 Å². The van der Waals surface area contributed by atoms with Crippen LogP contribution < -0.4 is 16.2 Å². The fourth-order valence-corrected chi connectivity index (χ4v) is 3.01. The number of hydrogen-bond donors (Lipinski definition) is 3. The zero-order valence-corrected chi connectivity index (χ0v) is 17.8. The fraction of sp³-hybridized carbons (Fsp3) is 0.318. The van der Waals surface area contributed by atoms with Crippen molar-refractivity contribution in [3.63, 3.8) is 0 Å². The Kier molecular flexibility index (Phi) is 7.79. The first kappa shape index (κ1) is 22.4. The van der Waals surface area contributed by atoms with E-state index in [1.807, 2.05) is 39.8 Å². The van der Waals surface area contributed by atoms with Crippen molar-refractivity contribution in [3.8, 4) is 0 Å². The molecule has 29 heavy (non-hydrogen) atoms. The number of benzene rings is 2. The minimum absolute atomic E-state index is 0.159. The van der Waals surface area contributed by atoms with Gasteiger partial charge in [0.2, 0.25) is 0 Å². The summed E-state index contributed by atoms with van der Waals surface area (Å²) in [5, 5.41) is 3.24. The lowest BCUT2D eigenvalue weighted by Crippen LogP contribution is -2.52. The number of hydrogen-bond acceptors (Lipinski definition) is 3. The molecule has 0 bridgehead atoms. The molecule has 2 rings (SSSR count). The van der Waals surface area contributed by atoms with Gasteiger partial charge in [0.1, 0.15) is 6.04 Å². The third kappa shape index (κ3) is 6.61. The quantitative estimate of drug-likeness (QED) is 0.630. The highest BCUT2D eigenvalue weighted by Gasteiger charge is 2.23. The Morgan fingerprint density at radius 2 is 1.59 bits per heavy atom. The van der Waals surface area contributed by atoms with Crippen LogP contribution >= 0.6 is 11.6 Å². The van der Waals surface area contributed by atoms with E-state index in [1.54, 1.807) is 30.3 Å². The standard InChI is InChI=1S/C22H26ClN3O3/c1-13(2)11-19(24-20(27)16-6-8-17(23)9-7-16)22(29)26-25-21(28)18-10-5-14(3)12-15(18)4/h5-10,12-13,19H,11H2,1-4H3,(H,24,27)(H,25,28)(H,26,29)/t19-/m1/s1. The Hall–Kier alpha value is -2.86. The molecule has 6 nitrogen and oxygen atoms in total. The summed E-state index contributed by atoms with van der Waals surface area (Å²) < 4.78 is 0. The smallest absolute Gasteiger partial charge is 0.269 e. The molecule has 0 fully saturated rings. The van der Waals surface area contributed by atoms with Crippen molar-refractivity contribution >= 4 is 29.3 Å². The van der Waals surface area contributed by atoms with Crippen molar-refractivity contribution in [1.29, 1.82) is 0 Å². The normalized spacial score (nSPS) is 11.7. The monoisotopic (exact) mass is 415 g/mol. The van der Waals surface area contributed by atoms with Gasteiger partial charge < -0.3 is 5.32 Å². The van der Waals surface area contributed by atoms with Crippen LogP contribution in [0.1, 0.15) is 52.1 Å². The summed E-state index contributed by atoms with van der Waals surface area (Å²) in [6.45, 7) is 7.67. The predicted molar refractivity (Wildman–Crippen MR) is 114 cm³/mol. The average Bonchev–Trinajstić information content (AvgIpc) is 2.65. The van der Waals surface area contributed by atoms with Crippen LogP contribution in [0.4, 0.5) is 0 Å². The van der Waals surface area contributed by atoms with Crippen LogP contribution in [-0.2, 0) is 4.79 Å². The average molecular weight is 416 g/mol. The molecule has 2 aromatic rings. The largest absolute Gasteiger partial charge is 0.340 e. The molecular weight excluding hydrogens is 390 g/mol. The molecule has 0 saturated heterocycles. The maximum Gasteiger partial charge on any atom is 0.269 e. The number of carbonyl (C=O) groups is 3. The number of aryl methyl sites for hydroxylation is 2. The van der Waals surface area contributed by atoms with E-state index < -0.39 is 17.9 Å². The first-order chi connectivity index (χ1) is 13.7. The van der Waals surface area contributed by atoms with E-state index in [0.717, 1.165) is 11.1 Å². The van der Waals surface area contributed by atoms with Gasteiger partial charge in [0, 0.05) is 16.1 Å². The van der Waals surface area contributed by atoms with Gasteiger partial charge in [-0.3, -0.25) is 25.2 Å². The van der Waals surface area contributed by atoms with Gasteiger partial charge in [-0.05, 0) is 62.1 Å². The number of amides is 3. The zero-order chi connectivity index (χ0) is 21.6. The second kappa shape index (κ2) is 10.1. The van der Waals surface area contributed by atoms with Crippen LogP contribution in [0.3, 0.4) is 0 Å². The molecule has 3 N–H and O–H groups in total. The van der Waals surface area contributed by atoms with Crippen molar-refractivity contribution in [2.24, 2.45) is 5.92 Å². The molecule has 0 aliphatic carbocycles. The summed E-state index contributed by atoms with van der Waals surface area (Å²) in [6.07, 6.45) is 0.421. The molecule has 154 valence electrons. The number of nitrogens with one attached hydrogen (secondary N) is 3. The minimum atomic E-state index is -0.794. The zero-order valence-electron chi connectivity index (χ0n) is 17.0. The second-order valence-corrected chi connectivity index (χ2v) is 7.86. The van der Waals surface area contributed by atoms with Crippen molar-refractivity contribution in [2.75, 3.05) is 0 Å². The molecular formula is C22H26ClN3O3. The highest BCUT2D eigenvalue weighted by atomic mass is 35.5. The lowest BCUT2D eigenvalue weighted by Gasteiger charge is -2.20. The van der Waals surface area contributed by atoms with Crippen molar-refractivity contribution in [2.45, 2.75) is 40.2 Å². The topological polar surface area (TPSA) is 87.3 Å². The lowest BCUT2D eigenvalue weighted by atomic mass is 10.0. The van der Waals surface area contributed by atoms with Gasteiger partial charge in [-0.15, -0.1) is 0 Å². The van der Waals surface area contributed by atoms with Gasteiger partial charge in [0.25, 0.3) is 17.7 Å². The van der Waals surface area contributed by atoms with Gasteiger partial charge in [-0.2, -0.15) is 0 Å². The van der Waals surface area contributed by atoms with Crippen LogP contribution in [-0.4, -0.2) is 23.8 Å². The lowest BCUT2D eigenvalue weighted by molar-refractivity contribution is -0.124. The summed E-state index contributed by atoms with van der Waals surface area (Å²) in [6, 6.07) is 11.0. The maximum absolute atomic E-state index is 12.6. The molecule has 0 heterocycles. The second-order valence-electron chi connectivity index (χ2n) is 7.42. The van der Waals surface area contributed by atoms with E-state index >= 15 is 0 Å². The van der Waals surface area contributed by atoms with E-state index in [4.69, 9.17) is 11.6 Å². The van der Waals surface area contributed by atoms with Crippen LogP contribution in [0.15, 0.2) is 42.5 Å². The van der Waals surface area contributed by atoms with Gasteiger partial charge in [0.05, 0.1) is 0 Å². The molecule has 2 aromatic carbocycles. The Morgan fingerprint density at radius 1 is 0.931 bits per heavy atom. The molecule has 1 atom stereocenters. The third-order valence-corrected chi connectivity index (χ3v) is 4.61. The molecule has 0 spiro atoms. The van der Waals surface area contributed by atoms with Gasteiger partial charge in [0.15, 0.2) is 0 Å². The molecule has 3 amide bonds. The summed E-state index contributed by atoms with van der Waals surface area (Å²) >= 11 is 5.85. The molecule has 0 aromatic heterocycles. The Balaban J connectivity index is 2.03. The van der Waals surface area contributed by atoms with Crippen LogP contribution in [0, 0.1) is 19.8 Å². The molecule has 0 unspecified atom stereocenters. The summed E-state index contributed by atoms with van der Waals surface area (Å²) in [7, 11) is 0. The Morgan fingerprint density at radius 3 is 2.17 bits per heavy atom. The molecule has 0 radical (unpaired) electrons. The van der Waals surface area contributed by atoms with E-state index in [1.165, 1.54) is 0 Å². The number of halogens is 1. The number of carbonyl (C=O) groups excluding carboxylic acids is 3. The van der Waals surface area contributed by atoms with Crippen molar-refractivity contribution < 1.29 is 14.4 Å². The highest BCUT2D eigenvalue weighted by molar-refractivity contribution is 6.30. The molecule has 7 heteroatoms. The third-order valence-electron chi connectivity index (χ3n) is 4.36. The first-order valence-electron chi connectivity index (χ1n) is 9.41. The Labute approximate surface area is 176 Å². The summed E-state index contributed by atoms with van der Waals surface area (Å²) in [4.78, 5) is 37.5. The molecule has 0 aliphatic rings. The fourth-order valence-electron chi connectivity index (χ4n) is 2.89. The highest BCUT2D eigenvalue weighted by Crippen LogP contribution is 2.12. The van der Waals surface area contributed by atoms with E-state index in [0.29, 0.717) is 22.6 Å². The Bertz CT molecular complexity index is 895. The first-order valence-corrected chi connectivity index (χ1v) is 9.79. The SMILES string of the molecule is Cc1ccc(C(=O)NNC(=O)[C@@H](CC(C)C)NC(=O)c2ccc(Cl)cc2)c(C)c1. The van der Waals surface area contributed by atoms with Gasteiger partial charge in [-0.25, -0.2) is 0 Å². The summed E-state index contributed by atoms with van der Waals surface area (Å²) in [5.41, 5.74) is 7.58. The molecule has 0 saturated carbocycles. The molecule has 0 aliphatic heterocycles. The van der Waals surface area contributed by atoms with Crippen molar-refractivity contribution in [3.05, 3.63) is 69.7 Å². The van der Waals surface area contributed by atoms with E-state index in [9.17, 15) is 14.4 Å². The van der Waals surface area contributed by atoms with Gasteiger partial charge in [-0.1, -0.05) is 43.1 Å². The van der Waals surface area contributed by atoms with Gasteiger partial charge >= 0.3 is 0 Å². The van der Waals surface area contributed by atoms with Crippen molar-refractivity contribution in [1.82, 2.24) is 16.2 Å². The van der Waals surface area contributed by atoms with Crippen LogP contribution in [0.2, 0.25) is 5.02 Å². The van der Waals surface area contributed by atoms with E-state index in [2.05, 4.69) is 16.2 Å². The van der Waals surface area contributed by atoms with Crippen LogP contribution in [0.5, 0.6) is 0 Å². The number of hydrazine groups is 1. The van der Waals surface area contributed by atoms with E-state index in [-0.39, 0.29) is 11.8 Å². The minimum Gasteiger partial charge on any atom is -0.340 e. The summed E-state index contributed by atoms with van der Waals surface area (Å²) in [5.74, 6) is -1.13.